The molecule has 3 aliphatic carbocycles. The molecule has 28 heavy (non-hydrogen) atoms. The van der Waals surface area contributed by atoms with Gasteiger partial charge in [-0.2, -0.15) is 0 Å². The van der Waals surface area contributed by atoms with Crippen molar-refractivity contribution in [3.63, 3.8) is 0 Å². The first-order chi connectivity index (χ1) is 13.6. The molecule has 1 aliphatic heterocycles. The maximum Gasteiger partial charge on any atom is 0.233 e. The van der Waals surface area contributed by atoms with Crippen molar-refractivity contribution < 1.29 is 9.59 Å². The monoisotopic (exact) mass is 386 g/mol. The van der Waals surface area contributed by atoms with E-state index in [9.17, 15) is 9.59 Å². The first kappa shape index (κ1) is 19.5. The molecule has 6 nitrogen and oxygen atoms in total. The molecule has 6 atom stereocenters. The van der Waals surface area contributed by atoms with Crippen molar-refractivity contribution in [3.8, 4) is 0 Å². The molecule has 0 aromatic rings. The predicted molar refractivity (Wildman–Crippen MR) is 110 cm³/mol. The van der Waals surface area contributed by atoms with Crippen molar-refractivity contribution in [1.29, 1.82) is 0 Å². The number of amides is 2. The lowest BCUT2D eigenvalue weighted by molar-refractivity contribution is -0.140. The van der Waals surface area contributed by atoms with Gasteiger partial charge in [0.05, 0.1) is 11.8 Å². The minimum atomic E-state index is -0.0808. The van der Waals surface area contributed by atoms with Crippen molar-refractivity contribution >= 4 is 17.8 Å². The summed E-state index contributed by atoms with van der Waals surface area (Å²) in [5, 5.41) is 6.77. The molecular formula is C22H34N4O2. The van der Waals surface area contributed by atoms with Crippen molar-refractivity contribution in [1.82, 2.24) is 15.5 Å². The number of nitrogens with one attached hydrogen (secondary N) is 2. The van der Waals surface area contributed by atoms with E-state index >= 15 is 0 Å². The summed E-state index contributed by atoms with van der Waals surface area (Å²) in [6.07, 6.45) is 11.3. The van der Waals surface area contributed by atoms with E-state index in [1.807, 2.05) is 0 Å². The highest BCUT2D eigenvalue weighted by Crippen LogP contribution is 2.52. The van der Waals surface area contributed by atoms with Crippen molar-refractivity contribution in [3.05, 3.63) is 12.2 Å². The average Bonchev–Trinajstić information content (AvgIpc) is 3.36. The fourth-order valence-corrected chi connectivity index (χ4v) is 5.84. The second-order valence-corrected chi connectivity index (χ2v) is 9.20. The van der Waals surface area contributed by atoms with Gasteiger partial charge >= 0.3 is 0 Å². The lowest BCUT2D eigenvalue weighted by Gasteiger charge is -2.27. The molecule has 2 bridgehead atoms. The lowest BCUT2D eigenvalue weighted by Crippen LogP contribution is -2.42. The van der Waals surface area contributed by atoms with Crippen LogP contribution in [0.25, 0.3) is 0 Å². The number of hydrogen-bond acceptors (Lipinski definition) is 3. The third-order valence-corrected chi connectivity index (χ3v) is 7.24. The predicted octanol–water partition coefficient (Wildman–Crippen LogP) is 2.17. The number of guanidine groups is 1. The number of allylic oxidation sites excluding steroid dienone is 2. The Kier molecular flexibility index (Phi) is 5.74. The van der Waals surface area contributed by atoms with E-state index in [1.54, 1.807) is 7.05 Å². The Morgan fingerprint density at radius 2 is 1.82 bits per heavy atom. The lowest BCUT2D eigenvalue weighted by atomic mass is 9.82. The van der Waals surface area contributed by atoms with Crippen LogP contribution in [0.5, 0.6) is 0 Å². The maximum absolute atomic E-state index is 12.7. The highest BCUT2D eigenvalue weighted by Gasteiger charge is 2.58. The van der Waals surface area contributed by atoms with Crippen LogP contribution in [0.15, 0.2) is 17.1 Å². The van der Waals surface area contributed by atoms with Gasteiger partial charge in [-0.3, -0.25) is 19.5 Å². The third kappa shape index (κ3) is 3.70. The molecule has 154 valence electrons. The van der Waals surface area contributed by atoms with Gasteiger partial charge < -0.3 is 10.6 Å². The first-order valence-corrected chi connectivity index (χ1v) is 11.1. The second kappa shape index (κ2) is 8.26. The largest absolute Gasteiger partial charge is 0.356 e. The maximum atomic E-state index is 12.7. The molecule has 2 N–H and O–H groups in total. The van der Waals surface area contributed by atoms with Gasteiger partial charge in [0.1, 0.15) is 0 Å². The summed E-state index contributed by atoms with van der Waals surface area (Å²) < 4.78 is 0. The Hall–Kier alpha value is -1.85. The Bertz CT molecular complexity index is 643. The zero-order valence-electron chi connectivity index (χ0n) is 17.2. The van der Waals surface area contributed by atoms with Crippen LogP contribution in [-0.4, -0.2) is 49.4 Å². The van der Waals surface area contributed by atoms with Gasteiger partial charge in [0.2, 0.25) is 11.8 Å². The molecule has 2 saturated carbocycles. The third-order valence-electron chi connectivity index (χ3n) is 7.24. The van der Waals surface area contributed by atoms with E-state index < -0.39 is 0 Å². The van der Waals surface area contributed by atoms with E-state index in [2.05, 4.69) is 34.7 Å². The van der Waals surface area contributed by atoms with E-state index in [0.717, 1.165) is 37.2 Å². The van der Waals surface area contributed by atoms with E-state index in [4.69, 9.17) is 0 Å². The van der Waals surface area contributed by atoms with E-state index in [1.165, 1.54) is 30.6 Å². The SMILES string of the molecule is CN=C(NCCCN1C(=O)C2C3C=CC(C3)C2C1=O)NCC1CCCC(C)C1. The Balaban J connectivity index is 1.18. The van der Waals surface area contributed by atoms with Crippen LogP contribution in [0.3, 0.4) is 0 Å². The summed E-state index contributed by atoms with van der Waals surface area (Å²) in [7, 11) is 1.79. The number of carbonyl (C=O) groups is 2. The molecule has 0 aromatic carbocycles. The van der Waals surface area contributed by atoms with Gasteiger partial charge in [-0.1, -0.05) is 31.9 Å². The van der Waals surface area contributed by atoms with Gasteiger partial charge in [-0.15, -0.1) is 0 Å². The number of likely N-dealkylation sites (tertiary alicyclic amines) is 1. The standard InChI is InChI=1S/C22H34N4O2/c1-14-5-3-6-15(11-14)13-25-22(23-2)24-9-4-10-26-20(27)18-16-7-8-17(12-16)19(18)21(26)28/h7-8,14-19H,3-6,9-13H2,1-2H3,(H2,23,24,25). The summed E-state index contributed by atoms with van der Waals surface area (Å²) in [4.78, 5) is 31.2. The molecule has 6 unspecified atom stereocenters. The van der Waals surface area contributed by atoms with Gasteiger partial charge in [0.15, 0.2) is 5.96 Å². The topological polar surface area (TPSA) is 73.8 Å². The second-order valence-electron chi connectivity index (χ2n) is 9.20. The van der Waals surface area contributed by atoms with Crippen LogP contribution in [0.2, 0.25) is 0 Å². The summed E-state index contributed by atoms with van der Waals surface area (Å²) in [5.74, 6) is 2.91. The molecule has 4 aliphatic rings. The van der Waals surface area contributed by atoms with Crippen LogP contribution < -0.4 is 10.6 Å². The zero-order chi connectivity index (χ0) is 19.7. The molecule has 6 heteroatoms. The summed E-state index contributed by atoms with van der Waals surface area (Å²) in [6, 6.07) is 0. The van der Waals surface area contributed by atoms with Crippen LogP contribution in [-0.2, 0) is 9.59 Å². The molecule has 3 fully saturated rings. The molecule has 4 rings (SSSR count). The van der Waals surface area contributed by atoms with Crippen LogP contribution in [0, 0.1) is 35.5 Å². The van der Waals surface area contributed by atoms with E-state index in [-0.39, 0.29) is 23.7 Å². The number of rotatable bonds is 6. The molecular weight excluding hydrogens is 352 g/mol. The average molecular weight is 387 g/mol. The number of imide groups is 1. The number of nitrogens with zero attached hydrogens (tertiary/aromatic N) is 2. The number of carbonyl (C=O) groups excluding carboxylic acids is 2. The Morgan fingerprint density at radius 3 is 2.46 bits per heavy atom. The van der Waals surface area contributed by atoms with Gasteiger partial charge in [-0.25, -0.2) is 0 Å². The molecule has 1 saturated heterocycles. The van der Waals surface area contributed by atoms with Crippen LogP contribution in [0.4, 0.5) is 0 Å². The van der Waals surface area contributed by atoms with Crippen molar-refractivity contribution in [2.75, 3.05) is 26.7 Å². The fraction of sp³-hybridized carbons (Fsp3) is 0.773. The first-order valence-electron chi connectivity index (χ1n) is 11.1. The van der Waals surface area contributed by atoms with Gasteiger partial charge in [-0.05, 0) is 49.4 Å². The number of fused-ring (bicyclic) bond motifs is 5. The van der Waals surface area contributed by atoms with Gasteiger partial charge in [0.25, 0.3) is 0 Å². The Labute approximate surface area is 168 Å². The Morgan fingerprint density at radius 1 is 1.11 bits per heavy atom. The minimum absolute atomic E-state index is 0.0563. The highest BCUT2D eigenvalue weighted by atomic mass is 16.2. The fourth-order valence-electron chi connectivity index (χ4n) is 5.84. The minimum Gasteiger partial charge on any atom is -0.356 e. The molecule has 2 amide bonds. The zero-order valence-corrected chi connectivity index (χ0v) is 17.2. The summed E-state index contributed by atoms with van der Waals surface area (Å²) in [6.45, 7) is 4.52. The smallest absolute Gasteiger partial charge is 0.233 e. The van der Waals surface area contributed by atoms with Gasteiger partial charge in [0, 0.05) is 26.7 Å². The van der Waals surface area contributed by atoms with E-state index in [0.29, 0.717) is 24.9 Å². The van der Waals surface area contributed by atoms with Crippen molar-refractivity contribution in [2.24, 2.45) is 40.5 Å². The quantitative estimate of drug-likeness (QED) is 0.241. The highest BCUT2D eigenvalue weighted by molar-refractivity contribution is 6.06. The van der Waals surface area contributed by atoms with Crippen LogP contribution >= 0.6 is 0 Å². The number of hydrogen-bond donors (Lipinski definition) is 2. The molecule has 1 heterocycles. The molecule has 0 spiro atoms. The normalized spacial score (nSPS) is 36.9. The summed E-state index contributed by atoms with van der Waals surface area (Å²) >= 11 is 0. The molecule has 0 aromatic heterocycles. The molecule has 0 radical (unpaired) electrons. The van der Waals surface area contributed by atoms with Crippen LogP contribution in [0.1, 0.15) is 45.4 Å². The summed E-state index contributed by atoms with van der Waals surface area (Å²) in [5.41, 5.74) is 0. The van der Waals surface area contributed by atoms with Crippen molar-refractivity contribution in [2.45, 2.75) is 45.4 Å². The number of aliphatic imine (C=N–C) groups is 1.